The van der Waals surface area contributed by atoms with Crippen LogP contribution in [0.2, 0.25) is 0 Å². The summed E-state index contributed by atoms with van der Waals surface area (Å²) in [6, 6.07) is 16.6. The fourth-order valence-electron chi connectivity index (χ4n) is 3.48. The molecule has 3 nitrogen and oxygen atoms in total. The highest BCUT2D eigenvalue weighted by molar-refractivity contribution is 8.39. The van der Waals surface area contributed by atoms with Crippen LogP contribution in [0.4, 0.5) is 11.4 Å². The summed E-state index contributed by atoms with van der Waals surface area (Å²) >= 11 is 3.40. The number of rotatable bonds is 3. The first-order valence-corrected chi connectivity index (χ1v) is 11.0. The van der Waals surface area contributed by atoms with Crippen molar-refractivity contribution in [2.24, 2.45) is 4.99 Å². The van der Waals surface area contributed by atoms with Crippen LogP contribution in [-0.4, -0.2) is 27.8 Å². The highest BCUT2D eigenvalue weighted by atomic mass is 32.2. The molecule has 5 heteroatoms. The summed E-state index contributed by atoms with van der Waals surface area (Å²) < 4.78 is 1.06. The molecular formula is C21H22N2OS2. The molecule has 2 heterocycles. The second kappa shape index (κ2) is 7.89. The average Bonchev–Trinajstić information content (AvgIpc) is 3.13. The van der Waals surface area contributed by atoms with Gasteiger partial charge in [-0.05, 0) is 42.5 Å². The first kappa shape index (κ1) is 17.7. The Labute approximate surface area is 163 Å². The summed E-state index contributed by atoms with van der Waals surface area (Å²) in [7, 11) is 0. The van der Waals surface area contributed by atoms with E-state index in [0.717, 1.165) is 47.3 Å². The molecule has 0 fully saturated rings. The first-order chi connectivity index (χ1) is 12.8. The summed E-state index contributed by atoms with van der Waals surface area (Å²) in [5, 5.41) is -0.112. The molecule has 2 aromatic rings. The summed E-state index contributed by atoms with van der Waals surface area (Å²) in [5.41, 5.74) is 4.54. The molecule has 2 aliphatic rings. The van der Waals surface area contributed by atoms with Crippen molar-refractivity contribution >= 4 is 45.2 Å². The largest absolute Gasteiger partial charge is 0.280 e. The van der Waals surface area contributed by atoms with Gasteiger partial charge in [0, 0.05) is 5.75 Å². The molecular weight excluding hydrogens is 360 g/mol. The zero-order chi connectivity index (χ0) is 17.9. The minimum atomic E-state index is -0.112. The monoisotopic (exact) mass is 382 g/mol. The Morgan fingerprint density at radius 1 is 1.12 bits per heavy atom. The SMILES string of the molecule is CCC(SC1=NCCS1)C(=O)N1c2ccccc2CCc2ccccc21. The third kappa shape index (κ3) is 3.42. The van der Waals surface area contributed by atoms with E-state index in [2.05, 4.69) is 48.3 Å². The molecule has 4 rings (SSSR count). The molecule has 134 valence electrons. The molecule has 0 aliphatic carbocycles. The van der Waals surface area contributed by atoms with E-state index in [9.17, 15) is 4.79 Å². The number of aryl methyl sites for hydroxylation is 2. The fourth-order valence-corrected chi connectivity index (χ4v) is 5.67. The molecule has 26 heavy (non-hydrogen) atoms. The van der Waals surface area contributed by atoms with Crippen LogP contribution >= 0.6 is 23.5 Å². The van der Waals surface area contributed by atoms with Gasteiger partial charge in [0.05, 0.1) is 23.2 Å². The van der Waals surface area contributed by atoms with Gasteiger partial charge in [0.25, 0.3) is 0 Å². The number of benzene rings is 2. The Hall–Kier alpha value is -1.72. The van der Waals surface area contributed by atoms with Crippen LogP contribution in [-0.2, 0) is 17.6 Å². The van der Waals surface area contributed by atoms with E-state index in [4.69, 9.17) is 0 Å². The second-order valence-electron chi connectivity index (χ2n) is 6.44. The van der Waals surface area contributed by atoms with Gasteiger partial charge in [-0.2, -0.15) is 0 Å². The van der Waals surface area contributed by atoms with Crippen molar-refractivity contribution in [1.82, 2.24) is 0 Å². The van der Waals surface area contributed by atoms with E-state index in [1.807, 2.05) is 17.0 Å². The van der Waals surface area contributed by atoms with Crippen LogP contribution in [0.15, 0.2) is 53.5 Å². The third-order valence-corrected chi connectivity index (χ3v) is 7.35. The summed E-state index contributed by atoms with van der Waals surface area (Å²) in [5.74, 6) is 1.19. The lowest BCUT2D eigenvalue weighted by Crippen LogP contribution is -2.35. The lowest BCUT2D eigenvalue weighted by atomic mass is 10.0. The molecule has 0 saturated heterocycles. The van der Waals surface area contributed by atoms with Crippen LogP contribution in [0.25, 0.3) is 0 Å². The molecule has 0 bridgehead atoms. The van der Waals surface area contributed by atoms with Crippen LogP contribution < -0.4 is 4.90 Å². The van der Waals surface area contributed by atoms with Crippen LogP contribution in [0.3, 0.4) is 0 Å². The third-order valence-electron chi connectivity index (χ3n) is 4.80. The number of hydrogen-bond donors (Lipinski definition) is 0. The molecule has 0 saturated carbocycles. The minimum absolute atomic E-state index is 0.112. The topological polar surface area (TPSA) is 32.7 Å². The Bertz CT molecular complexity index is 802. The summed E-state index contributed by atoms with van der Waals surface area (Å²) in [4.78, 5) is 20.1. The zero-order valence-corrected chi connectivity index (χ0v) is 16.5. The molecule has 2 aliphatic heterocycles. The average molecular weight is 383 g/mol. The molecule has 1 amide bonds. The normalized spacial score (nSPS) is 17.1. The lowest BCUT2D eigenvalue weighted by molar-refractivity contribution is -0.117. The molecule has 1 atom stereocenters. The van der Waals surface area contributed by atoms with E-state index in [1.165, 1.54) is 11.1 Å². The quantitative estimate of drug-likeness (QED) is 0.743. The highest BCUT2D eigenvalue weighted by Crippen LogP contribution is 2.38. The van der Waals surface area contributed by atoms with Gasteiger partial charge in [0.1, 0.15) is 4.38 Å². The van der Waals surface area contributed by atoms with Gasteiger partial charge in [-0.25, -0.2) is 0 Å². The molecule has 0 radical (unpaired) electrons. The maximum Gasteiger partial charge on any atom is 0.245 e. The second-order valence-corrected chi connectivity index (χ2v) is 8.98. The number of anilines is 2. The van der Waals surface area contributed by atoms with E-state index >= 15 is 0 Å². The number of carbonyl (C=O) groups excluding carboxylic acids is 1. The van der Waals surface area contributed by atoms with Gasteiger partial charge in [0.2, 0.25) is 5.91 Å². The summed E-state index contributed by atoms with van der Waals surface area (Å²) in [6.45, 7) is 2.96. The van der Waals surface area contributed by atoms with Crippen molar-refractivity contribution in [1.29, 1.82) is 0 Å². The number of para-hydroxylation sites is 2. The zero-order valence-electron chi connectivity index (χ0n) is 14.9. The first-order valence-electron chi connectivity index (χ1n) is 9.11. The van der Waals surface area contributed by atoms with Crippen molar-refractivity contribution in [2.75, 3.05) is 17.2 Å². The van der Waals surface area contributed by atoms with Gasteiger partial charge in [0.15, 0.2) is 0 Å². The van der Waals surface area contributed by atoms with Crippen molar-refractivity contribution in [3.63, 3.8) is 0 Å². The Morgan fingerprint density at radius 3 is 2.27 bits per heavy atom. The maximum atomic E-state index is 13.6. The van der Waals surface area contributed by atoms with E-state index < -0.39 is 0 Å². The Kier molecular flexibility index (Phi) is 5.36. The number of aliphatic imine (C=N–C) groups is 1. The van der Waals surface area contributed by atoms with Gasteiger partial charge in [-0.15, -0.1) is 0 Å². The lowest BCUT2D eigenvalue weighted by Gasteiger charge is -2.28. The van der Waals surface area contributed by atoms with E-state index in [-0.39, 0.29) is 11.2 Å². The van der Waals surface area contributed by atoms with Crippen molar-refractivity contribution in [2.45, 2.75) is 31.4 Å². The van der Waals surface area contributed by atoms with E-state index in [1.54, 1.807) is 23.5 Å². The maximum absolute atomic E-state index is 13.6. The Morgan fingerprint density at radius 2 is 1.73 bits per heavy atom. The predicted molar refractivity (Wildman–Crippen MR) is 114 cm³/mol. The van der Waals surface area contributed by atoms with Gasteiger partial charge in [-0.1, -0.05) is 66.8 Å². The van der Waals surface area contributed by atoms with Crippen LogP contribution in [0.1, 0.15) is 24.5 Å². The number of carbonyl (C=O) groups is 1. The van der Waals surface area contributed by atoms with Gasteiger partial charge in [-0.3, -0.25) is 14.7 Å². The molecule has 2 aromatic carbocycles. The van der Waals surface area contributed by atoms with Crippen molar-refractivity contribution in [3.05, 3.63) is 59.7 Å². The molecule has 1 unspecified atom stereocenters. The number of thioether (sulfide) groups is 2. The van der Waals surface area contributed by atoms with Crippen LogP contribution in [0, 0.1) is 0 Å². The molecule has 0 spiro atoms. The minimum Gasteiger partial charge on any atom is -0.280 e. The van der Waals surface area contributed by atoms with Crippen molar-refractivity contribution in [3.8, 4) is 0 Å². The van der Waals surface area contributed by atoms with Gasteiger partial charge < -0.3 is 0 Å². The number of fused-ring (bicyclic) bond motifs is 2. The van der Waals surface area contributed by atoms with Crippen LogP contribution in [0.5, 0.6) is 0 Å². The Balaban J connectivity index is 1.74. The standard InChI is InChI=1S/C21H22N2OS2/c1-2-19(26-21-22-13-14-25-21)20(24)23-17-9-5-3-7-15(17)11-12-16-8-4-6-10-18(16)23/h3-10,19H,2,11-14H2,1H3. The van der Waals surface area contributed by atoms with Gasteiger partial charge >= 0.3 is 0 Å². The summed E-state index contributed by atoms with van der Waals surface area (Å²) in [6.07, 6.45) is 2.72. The number of nitrogens with zero attached hydrogens (tertiary/aromatic N) is 2. The number of amides is 1. The fraction of sp³-hybridized carbons (Fsp3) is 0.333. The van der Waals surface area contributed by atoms with Crippen molar-refractivity contribution < 1.29 is 4.79 Å². The number of hydrogen-bond acceptors (Lipinski definition) is 4. The van der Waals surface area contributed by atoms with E-state index in [0.29, 0.717) is 0 Å². The predicted octanol–water partition coefficient (Wildman–Crippen LogP) is 5.06. The smallest absolute Gasteiger partial charge is 0.245 e. The highest BCUT2D eigenvalue weighted by Gasteiger charge is 2.31. The molecule has 0 N–H and O–H groups in total. The molecule has 0 aromatic heterocycles.